The molecule has 1 aliphatic rings. The van der Waals surface area contributed by atoms with Gasteiger partial charge in [0.15, 0.2) is 0 Å². The van der Waals surface area contributed by atoms with Gasteiger partial charge in [0.1, 0.15) is 11.9 Å². The number of amides is 2. The summed E-state index contributed by atoms with van der Waals surface area (Å²) in [7, 11) is 1.74. The monoisotopic (exact) mass is 384 g/mol. The van der Waals surface area contributed by atoms with Crippen molar-refractivity contribution < 1.29 is 14.0 Å². The van der Waals surface area contributed by atoms with Crippen LogP contribution in [0.25, 0.3) is 0 Å². The molecule has 2 aromatic rings. The first-order chi connectivity index (χ1) is 13.5. The molecule has 3 N–H and O–H groups in total. The van der Waals surface area contributed by atoms with Crippen LogP contribution in [-0.4, -0.2) is 49.4 Å². The fraction of sp³-hybridized carbons (Fsp3) is 0.333. The third-order valence-corrected chi connectivity index (χ3v) is 4.84. The summed E-state index contributed by atoms with van der Waals surface area (Å²) in [6.07, 6.45) is 1.30. The molecule has 1 fully saturated rings. The number of hydrogen-bond donors (Lipinski definition) is 2. The van der Waals surface area contributed by atoms with Crippen LogP contribution in [0.4, 0.5) is 15.8 Å². The molecule has 0 aliphatic carbocycles. The second-order valence-electron chi connectivity index (χ2n) is 6.88. The zero-order chi connectivity index (χ0) is 20.1. The lowest BCUT2D eigenvalue weighted by molar-refractivity contribution is -0.117. The first-order valence-electron chi connectivity index (χ1n) is 9.39. The Morgan fingerprint density at radius 1 is 1.29 bits per heavy atom. The number of rotatable bonds is 7. The van der Waals surface area contributed by atoms with Crippen LogP contribution in [0.5, 0.6) is 0 Å². The number of hydrogen-bond acceptors (Lipinski definition) is 4. The molecule has 0 radical (unpaired) electrons. The number of halogens is 1. The van der Waals surface area contributed by atoms with Crippen LogP contribution in [0, 0.1) is 5.82 Å². The number of benzene rings is 2. The van der Waals surface area contributed by atoms with Crippen LogP contribution in [0.15, 0.2) is 48.5 Å². The minimum Gasteiger partial charge on any atom is -0.374 e. The van der Waals surface area contributed by atoms with E-state index in [1.54, 1.807) is 48.3 Å². The van der Waals surface area contributed by atoms with E-state index in [4.69, 9.17) is 5.73 Å². The smallest absolute Gasteiger partial charge is 0.253 e. The Hall–Kier alpha value is -2.93. The molecular weight excluding hydrogens is 359 g/mol. The minimum absolute atomic E-state index is 0.0946. The molecule has 0 spiro atoms. The van der Waals surface area contributed by atoms with Gasteiger partial charge < -0.3 is 20.9 Å². The summed E-state index contributed by atoms with van der Waals surface area (Å²) in [4.78, 5) is 28.3. The topological polar surface area (TPSA) is 78.7 Å². The molecule has 0 unspecified atom stereocenters. The van der Waals surface area contributed by atoms with Gasteiger partial charge in [-0.2, -0.15) is 0 Å². The van der Waals surface area contributed by atoms with Crippen molar-refractivity contribution in [2.24, 2.45) is 5.73 Å². The van der Waals surface area contributed by atoms with E-state index in [9.17, 15) is 14.0 Å². The average Bonchev–Trinajstić information content (AvgIpc) is 3.06. The summed E-state index contributed by atoms with van der Waals surface area (Å²) < 4.78 is 14.0. The quantitative estimate of drug-likeness (QED) is 0.769. The number of carbonyl (C=O) groups is 2. The molecule has 1 aliphatic heterocycles. The molecule has 3 rings (SSSR count). The van der Waals surface area contributed by atoms with Gasteiger partial charge >= 0.3 is 0 Å². The van der Waals surface area contributed by atoms with Crippen molar-refractivity contribution in [3.05, 3.63) is 59.9 Å². The summed E-state index contributed by atoms with van der Waals surface area (Å²) in [6.45, 7) is 1.56. The van der Waals surface area contributed by atoms with Gasteiger partial charge in [0.2, 0.25) is 5.91 Å². The van der Waals surface area contributed by atoms with E-state index in [0.29, 0.717) is 43.0 Å². The number of nitrogens with one attached hydrogen (secondary N) is 1. The van der Waals surface area contributed by atoms with Crippen LogP contribution < -0.4 is 16.0 Å². The summed E-state index contributed by atoms with van der Waals surface area (Å²) >= 11 is 0. The largest absolute Gasteiger partial charge is 0.374 e. The maximum Gasteiger partial charge on any atom is 0.253 e. The Kier molecular flexibility index (Phi) is 6.26. The van der Waals surface area contributed by atoms with Crippen LogP contribution in [-0.2, 0) is 4.79 Å². The summed E-state index contributed by atoms with van der Waals surface area (Å²) in [5.74, 6) is -0.686. The number of carbonyl (C=O) groups excluding carboxylic acids is 2. The number of anilines is 2. The van der Waals surface area contributed by atoms with Crippen molar-refractivity contribution in [3.8, 4) is 0 Å². The summed E-state index contributed by atoms with van der Waals surface area (Å²) in [6, 6.07) is 12.9. The van der Waals surface area contributed by atoms with E-state index in [0.717, 1.165) is 6.42 Å². The second-order valence-corrected chi connectivity index (χ2v) is 6.88. The lowest BCUT2D eigenvalue weighted by Crippen LogP contribution is -2.34. The number of nitrogens with zero attached hydrogens (tertiary/aromatic N) is 2. The summed E-state index contributed by atoms with van der Waals surface area (Å²) in [5, 5.41) is 3.18. The van der Waals surface area contributed by atoms with E-state index >= 15 is 0 Å². The molecule has 1 saturated heterocycles. The lowest BCUT2D eigenvalue weighted by Gasteiger charge is -2.19. The second kappa shape index (κ2) is 8.84. The van der Waals surface area contributed by atoms with Gasteiger partial charge in [0.05, 0.1) is 5.69 Å². The standard InChI is InChI=1S/C21H25FN4O2/c1-25(12-5-11-23)20(27)15-6-4-7-16(14-15)24-18-10-13-26(21(18)28)19-9-3-2-8-17(19)22/h2-4,6-9,14,18,24H,5,10-13,23H2,1H3/t18-/m0/s1. The fourth-order valence-corrected chi connectivity index (χ4v) is 3.32. The van der Waals surface area contributed by atoms with Crippen molar-refractivity contribution in [2.45, 2.75) is 18.9 Å². The van der Waals surface area contributed by atoms with Crippen LogP contribution in [0.1, 0.15) is 23.2 Å². The number of nitrogens with two attached hydrogens (primary N) is 1. The van der Waals surface area contributed by atoms with Gasteiger partial charge in [-0.3, -0.25) is 9.59 Å². The molecular formula is C21H25FN4O2. The maximum atomic E-state index is 14.0. The molecule has 1 heterocycles. The van der Waals surface area contributed by atoms with Crippen molar-refractivity contribution in [1.29, 1.82) is 0 Å². The minimum atomic E-state index is -0.458. The van der Waals surface area contributed by atoms with Crippen molar-refractivity contribution in [2.75, 3.05) is 36.9 Å². The Bertz CT molecular complexity index is 858. The zero-order valence-electron chi connectivity index (χ0n) is 15.9. The summed E-state index contributed by atoms with van der Waals surface area (Å²) in [5.41, 5.74) is 7.02. The van der Waals surface area contributed by atoms with E-state index < -0.39 is 11.9 Å². The third kappa shape index (κ3) is 4.31. The molecule has 7 heteroatoms. The molecule has 148 valence electrons. The molecule has 0 saturated carbocycles. The third-order valence-electron chi connectivity index (χ3n) is 4.84. The van der Waals surface area contributed by atoms with Crippen molar-refractivity contribution in [3.63, 3.8) is 0 Å². The Morgan fingerprint density at radius 3 is 2.82 bits per heavy atom. The molecule has 2 aromatic carbocycles. The van der Waals surface area contributed by atoms with Crippen LogP contribution in [0.3, 0.4) is 0 Å². The molecule has 2 amide bonds. The first kappa shape index (κ1) is 19.8. The maximum absolute atomic E-state index is 14.0. The predicted octanol–water partition coefficient (Wildman–Crippen LogP) is 2.46. The van der Waals surface area contributed by atoms with Crippen molar-refractivity contribution >= 4 is 23.2 Å². The van der Waals surface area contributed by atoms with Gasteiger partial charge in [0.25, 0.3) is 5.91 Å². The van der Waals surface area contributed by atoms with Gasteiger partial charge in [-0.05, 0) is 49.7 Å². The van der Waals surface area contributed by atoms with Gasteiger partial charge in [-0.25, -0.2) is 4.39 Å². The van der Waals surface area contributed by atoms with E-state index in [1.165, 1.54) is 11.0 Å². The highest BCUT2D eigenvalue weighted by atomic mass is 19.1. The van der Waals surface area contributed by atoms with E-state index in [-0.39, 0.29) is 11.8 Å². The average molecular weight is 384 g/mol. The molecule has 6 nitrogen and oxygen atoms in total. The SMILES string of the molecule is CN(CCCN)C(=O)c1cccc(N[C@H]2CCN(c3ccccc3F)C2=O)c1. The molecule has 1 atom stereocenters. The van der Waals surface area contributed by atoms with Gasteiger partial charge in [0, 0.05) is 31.4 Å². The zero-order valence-corrected chi connectivity index (χ0v) is 15.9. The normalized spacial score (nSPS) is 16.3. The Balaban J connectivity index is 1.68. The lowest BCUT2D eigenvalue weighted by atomic mass is 10.1. The van der Waals surface area contributed by atoms with E-state index in [1.807, 2.05) is 6.07 Å². The number of para-hydroxylation sites is 1. The highest BCUT2D eigenvalue weighted by Crippen LogP contribution is 2.26. The van der Waals surface area contributed by atoms with Crippen LogP contribution >= 0.6 is 0 Å². The molecule has 0 bridgehead atoms. The highest BCUT2D eigenvalue weighted by molar-refractivity contribution is 6.01. The molecule has 0 aromatic heterocycles. The Morgan fingerprint density at radius 2 is 2.07 bits per heavy atom. The fourth-order valence-electron chi connectivity index (χ4n) is 3.32. The molecule has 28 heavy (non-hydrogen) atoms. The van der Waals surface area contributed by atoms with E-state index in [2.05, 4.69) is 5.32 Å². The van der Waals surface area contributed by atoms with Crippen LogP contribution in [0.2, 0.25) is 0 Å². The van der Waals surface area contributed by atoms with Gasteiger partial charge in [-0.1, -0.05) is 18.2 Å². The predicted molar refractivity (Wildman–Crippen MR) is 108 cm³/mol. The van der Waals surface area contributed by atoms with Gasteiger partial charge in [-0.15, -0.1) is 0 Å². The van der Waals surface area contributed by atoms with Crippen molar-refractivity contribution in [1.82, 2.24) is 4.90 Å². The Labute approximate surface area is 164 Å². The highest BCUT2D eigenvalue weighted by Gasteiger charge is 2.33. The first-order valence-corrected chi connectivity index (χ1v) is 9.39.